The number of nitrogens with zero attached hydrogens (tertiary/aromatic N) is 2. The lowest BCUT2D eigenvalue weighted by Gasteiger charge is -2.25. The molecule has 0 amide bonds. The summed E-state index contributed by atoms with van der Waals surface area (Å²) in [6.07, 6.45) is 6.19. The summed E-state index contributed by atoms with van der Waals surface area (Å²) in [5.74, 6) is 6.28. The van der Waals surface area contributed by atoms with E-state index in [1.54, 1.807) is 11.3 Å². The standard InChI is InChI=1S/C10H16N4S/c11-13-10-12-4-9(15-10)6-14-5-7-1-2-8(14)3-7/h4,7-8H,1-3,5-6,11H2,(H,12,13). The Bertz CT molecular complexity index is 351. The Morgan fingerprint density at radius 1 is 1.60 bits per heavy atom. The summed E-state index contributed by atoms with van der Waals surface area (Å²) >= 11 is 1.66. The van der Waals surface area contributed by atoms with Crippen LogP contribution in [0.25, 0.3) is 0 Å². The Balaban J connectivity index is 1.65. The minimum absolute atomic E-state index is 0.814. The SMILES string of the molecule is NNc1ncc(CN2CC3CCC2C3)s1. The van der Waals surface area contributed by atoms with E-state index in [1.807, 2.05) is 6.20 Å². The molecule has 0 aromatic carbocycles. The first-order valence-electron chi connectivity index (χ1n) is 5.50. The summed E-state index contributed by atoms with van der Waals surface area (Å²) in [5.41, 5.74) is 2.60. The van der Waals surface area contributed by atoms with Gasteiger partial charge in [-0.2, -0.15) is 0 Å². The number of nitrogens with two attached hydrogens (primary N) is 1. The molecular formula is C10H16N4S. The molecule has 1 aliphatic carbocycles. The van der Waals surface area contributed by atoms with Crippen LogP contribution in [0.1, 0.15) is 24.1 Å². The number of nitrogen functional groups attached to an aromatic ring is 1. The van der Waals surface area contributed by atoms with E-state index in [4.69, 9.17) is 5.84 Å². The van der Waals surface area contributed by atoms with Crippen LogP contribution in [0.4, 0.5) is 5.13 Å². The molecule has 2 unspecified atom stereocenters. The maximum Gasteiger partial charge on any atom is 0.197 e. The maximum absolute atomic E-state index is 5.32. The number of piperidine rings is 1. The number of fused-ring (bicyclic) bond motifs is 2. The van der Waals surface area contributed by atoms with E-state index < -0.39 is 0 Å². The lowest BCUT2D eigenvalue weighted by molar-refractivity contribution is 0.207. The van der Waals surface area contributed by atoms with Crippen LogP contribution in [0.2, 0.25) is 0 Å². The van der Waals surface area contributed by atoms with E-state index in [2.05, 4.69) is 15.3 Å². The van der Waals surface area contributed by atoms with E-state index >= 15 is 0 Å². The normalized spacial score (nSPS) is 29.9. The average molecular weight is 224 g/mol. The maximum atomic E-state index is 5.32. The van der Waals surface area contributed by atoms with E-state index in [0.29, 0.717) is 0 Å². The average Bonchev–Trinajstić information content (AvgIpc) is 2.92. The molecule has 1 aromatic heterocycles. The van der Waals surface area contributed by atoms with Gasteiger partial charge in [-0.1, -0.05) is 11.3 Å². The molecule has 15 heavy (non-hydrogen) atoms. The molecule has 4 nitrogen and oxygen atoms in total. The van der Waals surface area contributed by atoms with Crippen LogP contribution < -0.4 is 11.3 Å². The highest BCUT2D eigenvalue weighted by molar-refractivity contribution is 7.15. The molecule has 3 N–H and O–H groups in total. The zero-order chi connectivity index (χ0) is 10.3. The second-order valence-corrected chi connectivity index (χ2v) is 5.65. The van der Waals surface area contributed by atoms with Gasteiger partial charge in [-0.15, -0.1) is 0 Å². The second-order valence-electron chi connectivity index (χ2n) is 4.54. The Labute approximate surface area is 93.5 Å². The van der Waals surface area contributed by atoms with Crippen LogP contribution in [0.15, 0.2) is 6.20 Å². The van der Waals surface area contributed by atoms with Gasteiger partial charge in [0, 0.05) is 30.2 Å². The van der Waals surface area contributed by atoms with E-state index in [0.717, 1.165) is 23.6 Å². The van der Waals surface area contributed by atoms with Crippen LogP contribution >= 0.6 is 11.3 Å². The van der Waals surface area contributed by atoms with Gasteiger partial charge < -0.3 is 0 Å². The van der Waals surface area contributed by atoms with Crippen molar-refractivity contribution in [2.24, 2.45) is 11.8 Å². The molecule has 0 radical (unpaired) electrons. The minimum Gasteiger partial charge on any atom is -0.300 e. The summed E-state index contributed by atoms with van der Waals surface area (Å²) in [6.45, 7) is 2.34. The summed E-state index contributed by atoms with van der Waals surface area (Å²) in [6, 6.07) is 0.839. The molecule has 1 saturated carbocycles. The number of aromatic nitrogens is 1. The number of hydrazine groups is 1. The van der Waals surface area contributed by atoms with Crippen LogP contribution in [0.3, 0.4) is 0 Å². The van der Waals surface area contributed by atoms with Crippen molar-refractivity contribution in [2.45, 2.75) is 31.8 Å². The first-order chi connectivity index (χ1) is 7.35. The zero-order valence-corrected chi connectivity index (χ0v) is 9.46. The molecule has 2 fully saturated rings. The van der Waals surface area contributed by atoms with Gasteiger partial charge in [-0.05, 0) is 25.2 Å². The summed E-state index contributed by atoms with van der Waals surface area (Å²) < 4.78 is 0. The smallest absolute Gasteiger partial charge is 0.197 e. The topological polar surface area (TPSA) is 54.2 Å². The Morgan fingerprint density at radius 2 is 2.53 bits per heavy atom. The summed E-state index contributed by atoms with van der Waals surface area (Å²) in [7, 11) is 0. The number of hydrogen-bond acceptors (Lipinski definition) is 5. The van der Waals surface area contributed by atoms with E-state index in [1.165, 1.54) is 30.7 Å². The molecule has 2 aliphatic rings. The molecule has 1 aliphatic heterocycles. The third-order valence-electron chi connectivity index (χ3n) is 3.56. The quantitative estimate of drug-likeness (QED) is 0.602. The van der Waals surface area contributed by atoms with E-state index in [-0.39, 0.29) is 0 Å². The molecule has 82 valence electrons. The fourth-order valence-corrected chi connectivity index (χ4v) is 3.62. The van der Waals surface area contributed by atoms with Crippen LogP contribution in [0, 0.1) is 5.92 Å². The van der Waals surface area contributed by atoms with Gasteiger partial charge in [0.1, 0.15) is 0 Å². The zero-order valence-electron chi connectivity index (χ0n) is 8.65. The number of likely N-dealkylation sites (tertiary alicyclic amines) is 1. The van der Waals surface area contributed by atoms with Crippen molar-refractivity contribution >= 4 is 16.5 Å². The van der Waals surface area contributed by atoms with Crippen molar-refractivity contribution in [1.29, 1.82) is 0 Å². The highest BCUT2D eigenvalue weighted by atomic mass is 32.1. The van der Waals surface area contributed by atoms with Gasteiger partial charge in [-0.25, -0.2) is 10.8 Å². The van der Waals surface area contributed by atoms with Gasteiger partial charge >= 0.3 is 0 Å². The van der Waals surface area contributed by atoms with Crippen molar-refractivity contribution < 1.29 is 0 Å². The third-order valence-corrected chi connectivity index (χ3v) is 4.47. The fourth-order valence-electron chi connectivity index (χ4n) is 2.87. The molecule has 5 heteroatoms. The van der Waals surface area contributed by atoms with Crippen molar-refractivity contribution in [3.63, 3.8) is 0 Å². The van der Waals surface area contributed by atoms with Crippen molar-refractivity contribution in [3.05, 3.63) is 11.1 Å². The lowest BCUT2D eigenvalue weighted by atomic mass is 10.1. The highest BCUT2D eigenvalue weighted by Crippen LogP contribution is 2.38. The first-order valence-corrected chi connectivity index (χ1v) is 6.32. The highest BCUT2D eigenvalue weighted by Gasteiger charge is 2.37. The second kappa shape index (κ2) is 3.73. The molecule has 3 rings (SSSR count). The molecule has 1 aromatic rings. The predicted molar refractivity (Wildman–Crippen MR) is 61.5 cm³/mol. The van der Waals surface area contributed by atoms with Crippen LogP contribution in [-0.2, 0) is 6.54 Å². The van der Waals surface area contributed by atoms with Gasteiger partial charge in [0.05, 0.1) is 0 Å². The molecular weight excluding hydrogens is 208 g/mol. The summed E-state index contributed by atoms with van der Waals surface area (Å²) in [4.78, 5) is 8.11. The Hall–Kier alpha value is -0.650. The third kappa shape index (κ3) is 1.75. The monoisotopic (exact) mass is 224 g/mol. The fraction of sp³-hybridized carbons (Fsp3) is 0.700. The van der Waals surface area contributed by atoms with Crippen molar-refractivity contribution in [2.75, 3.05) is 12.0 Å². The number of thiazole rings is 1. The number of hydrogen-bond donors (Lipinski definition) is 2. The lowest BCUT2D eigenvalue weighted by Crippen LogP contribution is -2.31. The van der Waals surface area contributed by atoms with Gasteiger partial charge in [0.15, 0.2) is 5.13 Å². The number of anilines is 1. The van der Waals surface area contributed by atoms with Crippen molar-refractivity contribution in [1.82, 2.24) is 9.88 Å². The molecule has 2 bridgehead atoms. The first kappa shape index (κ1) is 9.57. The van der Waals surface area contributed by atoms with Crippen LogP contribution in [-0.4, -0.2) is 22.5 Å². The molecule has 0 spiro atoms. The molecule has 2 atom stereocenters. The van der Waals surface area contributed by atoms with Gasteiger partial charge in [0.2, 0.25) is 0 Å². The van der Waals surface area contributed by atoms with Crippen molar-refractivity contribution in [3.8, 4) is 0 Å². The van der Waals surface area contributed by atoms with E-state index in [9.17, 15) is 0 Å². The minimum atomic E-state index is 0.814. The largest absolute Gasteiger partial charge is 0.300 e. The van der Waals surface area contributed by atoms with Gasteiger partial charge in [0.25, 0.3) is 0 Å². The molecule has 2 heterocycles. The number of nitrogens with one attached hydrogen (secondary N) is 1. The summed E-state index contributed by atoms with van der Waals surface area (Å²) in [5, 5.41) is 0.814. The number of rotatable bonds is 3. The van der Waals surface area contributed by atoms with Gasteiger partial charge in [-0.3, -0.25) is 10.3 Å². The Morgan fingerprint density at radius 3 is 3.13 bits per heavy atom. The van der Waals surface area contributed by atoms with Crippen LogP contribution in [0.5, 0.6) is 0 Å². The molecule has 1 saturated heterocycles. The predicted octanol–water partition coefficient (Wildman–Crippen LogP) is 1.41. The Kier molecular flexibility index (Phi) is 2.38.